The molecule has 0 fully saturated rings. The number of carbonyl (C=O) groups is 2. The lowest BCUT2D eigenvalue weighted by molar-refractivity contribution is -0.695. The van der Waals surface area contributed by atoms with E-state index in [1.807, 2.05) is 36.3 Å². The fraction of sp³-hybridized carbons (Fsp3) is 0.304. The molecule has 8 nitrogen and oxygen atoms in total. The molecule has 0 radical (unpaired) electrons. The first-order chi connectivity index (χ1) is 15.4. The average Bonchev–Trinajstić information content (AvgIpc) is 3.48. The number of aromatic amines is 1. The van der Waals surface area contributed by atoms with Crippen molar-refractivity contribution in [3.8, 4) is 5.75 Å². The van der Waals surface area contributed by atoms with E-state index in [2.05, 4.69) is 9.97 Å². The van der Waals surface area contributed by atoms with Gasteiger partial charge < -0.3 is 14.7 Å². The number of amides is 1. The van der Waals surface area contributed by atoms with Crippen molar-refractivity contribution in [2.24, 2.45) is 0 Å². The molecule has 3 heterocycles. The first-order valence-electron chi connectivity index (χ1n) is 10.3. The van der Waals surface area contributed by atoms with E-state index in [1.54, 1.807) is 32.2 Å². The van der Waals surface area contributed by atoms with Gasteiger partial charge >= 0.3 is 0 Å². The summed E-state index contributed by atoms with van der Waals surface area (Å²) in [5.74, 6) is -1.24. The summed E-state index contributed by atoms with van der Waals surface area (Å²) in [6.45, 7) is 4.56. The predicted octanol–water partition coefficient (Wildman–Crippen LogP) is 1.86. The number of Topliss-reactive ketones (excluding diaryl/α,β-unsaturated/α-hetero) is 1. The first-order valence-corrected chi connectivity index (χ1v) is 11.1. The molecule has 0 saturated carbocycles. The molecule has 1 aromatic carbocycles. The third kappa shape index (κ3) is 4.03. The number of hydrogen-bond donors (Lipinski definition) is 1. The minimum atomic E-state index is -0.768. The molecule has 1 atom stereocenters. The summed E-state index contributed by atoms with van der Waals surface area (Å²) in [5.41, 5.74) is 1.21. The standard InChI is InChI=1S/C23H24N4O4S/c1-14-22(32-15(2)25-14)20(28)18-19(16-6-4-7-17(12-16)31-3)27(23(30)21(18)29)10-5-9-26-11-8-24-13-26/h4,6-8,11-13,19H,5,9-10H2,1-3H3,(H,28,29). The Morgan fingerprint density at radius 3 is 2.84 bits per heavy atom. The van der Waals surface area contributed by atoms with Gasteiger partial charge in [-0.15, -0.1) is 11.3 Å². The zero-order chi connectivity index (χ0) is 22.8. The Kier molecular flexibility index (Phi) is 6.09. The van der Waals surface area contributed by atoms with Gasteiger partial charge in [0.2, 0.25) is 18.0 Å². The Balaban J connectivity index is 1.71. The van der Waals surface area contributed by atoms with Crippen molar-refractivity contribution in [2.75, 3.05) is 13.7 Å². The van der Waals surface area contributed by atoms with Crippen molar-refractivity contribution in [2.45, 2.75) is 32.9 Å². The lowest BCUT2D eigenvalue weighted by Gasteiger charge is -2.27. The number of rotatable bonds is 8. The first kappa shape index (κ1) is 21.8. The van der Waals surface area contributed by atoms with Crippen molar-refractivity contribution in [1.82, 2.24) is 14.9 Å². The van der Waals surface area contributed by atoms with E-state index >= 15 is 0 Å². The smallest absolute Gasteiger partial charge is 0.241 e. The van der Waals surface area contributed by atoms with Crippen LogP contribution in [0.2, 0.25) is 0 Å². The molecule has 32 heavy (non-hydrogen) atoms. The Labute approximate surface area is 189 Å². The number of imidazole rings is 1. The molecule has 166 valence electrons. The molecule has 1 unspecified atom stereocenters. The van der Waals surface area contributed by atoms with Crippen molar-refractivity contribution >= 4 is 23.0 Å². The van der Waals surface area contributed by atoms with Crippen LogP contribution in [0.4, 0.5) is 0 Å². The van der Waals surface area contributed by atoms with Gasteiger partial charge in [-0.1, -0.05) is 12.1 Å². The number of nitrogens with zero attached hydrogens (tertiary/aromatic N) is 3. The Morgan fingerprint density at radius 2 is 2.19 bits per heavy atom. The molecule has 0 spiro atoms. The van der Waals surface area contributed by atoms with Gasteiger partial charge in [0.05, 0.1) is 35.3 Å². The van der Waals surface area contributed by atoms with Gasteiger partial charge in [-0.3, -0.25) is 14.6 Å². The third-order valence-electron chi connectivity index (χ3n) is 5.47. The van der Waals surface area contributed by atoms with Crippen molar-refractivity contribution in [1.29, 1.82) is 0 Å². The number of nitrogens with one attached hydrogen (secondary N) is 1. The zero-order valence-corrected chi connectivity index (χ0v) is 18.9. The molecular weight excluding hydrogens is 428 g/mol. The second-order valence-electron chi connectivity index (χ2n) is 7.60. The van der Waals surface area contributed by atoms with Crippen LogP contribution in [0.5, 0.6) is 5.75 Å². The highest BCUT2D eigenvalue weighted by atomic mass is 32.1. The molecule has 1 amide bonds. The number of aromatic nitrogens is 3. The summed E-state index contributed by atoms with van der Waals surface area (Å²) in [5, 5.41) is 13.8. The highest BCUT2D eigenvalue weighted by Crippen LogP contribution is 2.40. The largest absolute Gasteiger partial charge is 0.868 e. The molecule has 1 aliphatic heterocycles. The van der Waals surface area contributed by atoms with Crippen LogP contribution in [0.1, 0.15) is 38.4 Å². The van der Waals surface area contributed by atoms with E-state index in [9.17, 15) is 14.7 Å². The minimum absolute atomic E-state index is 0.0238. The molecule has 9 heteroatoms. The summed E-state index contributed by atoms with van der Waals surface area (Å²) in [6.07, 6.45) is 6.16. The van der Waals surface area contributed by atoms with Crippen LogP contribution >= 0.6 is 11.3 Å². The fourth-order valence-corrected chi connectivity index (χ4v) is 4.88. The van der Waals surface area contributed by atoms with E-state index in [4.69, 9.17) is 4.74 Å². The van der Waals surface area contributed by atoms with E-state index in [1.165, 1.54) is 16.2 Å². The Morgan fingerprint density at radius 1 is 1.38 bits per heavy atom. The molecule has 0 bridgehead atoms. The van der Waals surface area contributed by atoms with Crippen LogP contribution in [0.15, 0.2) is 54.3 Å². The maximum absolute atomic E-state index is 13.5. The number of ketones is 1. The van der Waals surface area contributed by atoms with Crippen LogP contribution in [-0.4, -0.2) is 40.2 Å². The molecule has 3 aromatic rings. The Bertz CT molecular complexity index is 1180. The van der Waals surface area contributed by atoms with Gasteiger partial charge in [-0.25, -0.2) is 9.55 Å². The van der Waals surface area contributed by atoms with Crippen LogP contribution in [0, 0.1) is 13.8 Å². The molecule has 1 N–H and O–H groups in total. The number of methoxy groups -OCH3 is 1. The molecule has 0 aliphatic carbocycles. The minimum Gasteiger partial charge on any atom is -0.868 e. The number of ether oxygens (including phenoxy) is 1. The topological polar surface area (TPSA) is 102 Å². The van der Waals surface area contributed by atoms with Crippen molar-refractivity contribution < 1.29 is 24.0 Å². The van der Waals surface area contributed by atoms with Crippen LogP contribution < -0.4 is 14.4 Å². The number of hydrogen-bond acceptors (Lipinski definition) is 6. The molecule has 0 saturated heterocycles. The van der Waals surface area contributed by atoms with E-state index in [-0.39, 0.29) is 5.57 Å². The van der Waals surface area contributed by atoms with Crippen LogP contribution in [-0.2, 0) is 11.3 Å². The van der Waals surface area contributed by atoms with Crippen LogP contribution in [0.3, 0.4) is 0 Å². The Hall–Kier alpha value is -3.46. The van der Waals surface area contributed by atoms with E-state index < -0.39 is 23.5 Å². The maximum Gasteiger partial charge on any atom is 0.241 e. The van der Waals surface area contributed by atoms with Crippen molar-refractivity contribution in [3.63, 3.8) is 0 Å². The lowest BCUT2D eigenvalue weighted by atomic mass is 9.95. The number of aryl methyl sites for hydroxylation is 3. The van der Waals surface area contributed by atoms with Gasteiger partial charge in [0.1, 0.15) is 18.1 Å². The highest BCUT2D eigenvalue weighted by molar-refractivity contribution is 7.14. The number of carbonyl (C=O) groups excluding carboxylic acids is 2. The summed E-state index contributed by atoms with van der Waals surface area (Å²) in [6, 6.07) is 6.39. The summed E-state index contributed by atoms with van der Waals surface area (Å²) >= 11 is 1.24. The highest BCUT2D eigenvalue weighted by Gasteiger charge is 2.40. The zero-order valence-electron chi connectivity index (χ0n) is 18.1. The van der Waals surface area contributed by atoms with Gasteiger partial charge in [-0.2, -0.15) is 0 Å². The number of H-pyrrole nitrogens is 1. The van der Waals surface area contributed by atoms with Gasteiger partial charge in [-0.05, 0) is 37.3 Å². The number of thiazole rings is 1. The second kappa shape index (κ2) is 8.96. The molecule has 2 aromatic heterocycles. The molecule has 4 rings (SSSR count). The summed E-state index contributed by atoms with van der Waals surface area (Å²) in [4.78, 5) is 35.7. The van der Waals surface area contributed by atoms with Crippen molar-refractivity contribution in [3.05, 3.63) is 75.5 Å². The van der Waals surface area contributed by atoms with Gasteiger partial charge in [0.25, 0.3) is 0 Å². The van der Waals surface area contributed by atoms with E-state index in [0.717, 1.165) is 5.01 Å². The molecule has 1 aliphatic rings. The van der Waals surface area contributed by atoms with Gasteiger partial charge in [0, 0.05) is 18.5 Å². The normalized spacial score (nSPS) is 16.2. The maximum atomic E-state index is 13.5. The van der Waals surface area contributed by atoms with Crippen LogP contribution in [0.25, 0.3) is 0 Å². The summed E-state index contributed by atoms with van der Waals surface area (Å²) < 4.78 is 7.30. The predicted molar refractivity (Wildman–Crippen MR) is 116 cm³/mol. The third-order valence-corrected chi connectivity index (χ3v) is 6.54. The van der Waals surface area contributed by atoms with E-state index in [0.29, 0.717) is 41.4 Å². The average molecular weight is 453 g/mol. The monoisotopic (exact) mass is 452 g/mol. The van der Waals surface area contributed by atoms with Gasteiger partial charge in [0.15, 0.2) is 0 Å². The fourth-order valence-electron chi connectivity index (χ4n) is 4.01. The SMILES string of the molecule is COc1cccc(C2C(C(=O)c3sc(C)nc3C)=C([O-])C(=O)N2CCC[n+]2cc[nH]c2)c1. The quantitative estimate of drug-likeness (QED) is 0.415. The second-order valence-corrected chi connectivity index (χ2v) is 8.80. The molecular formula is C23H24N4O4S. The lowest BCUT2D eigenvalue weighted by Crippen LogP contribution is -2.37. The number of benzene rings is 1. The summed E-state index contributed by atoms with van der Waals surface area (Å²) in [7, 11) is 1.55.